The highest BCUT2D eigenvalue weighted by molar-refractivity contribution is 6.32. The SMILES string of the molecule is CCCc1c(Cn2nc(C)c(-c3ccc(C#N)c(Cl)c3)c2C)nnn1-c1ccc([N+](=O)[O-])cc1. The smallest absolute Gasteiger partial charge is 0.263 e. The number of nitrogens with zero attached hydrogens (tertiary/aromatic N) is 7. The quantitative estimate of drug-likeness (QED) is 0.268. The number of nitro groups is 1. The van der Waals surface area contributed by atoms with Crippen LogP contribution in [0.25, 0.3) is 16.8 Å². The standard InChI is InChI=1S/C24H22ClN7O2/c1-4-5-23-22(27-29-31(23)19-8-10-20(11-9-19)32(33)34)14-30-16(3)24(15(2)28-30)17-6-7-18(13-26)21(25)12-17/h6-12H,4-5,14H2,1-3H3. The van der Waals surface area contributed by atoms with Gasteiger partial charge in [0.2, 0.25) is 0 Å². The number of benzene rings is 2. The number of hydrogen-bond donors (Lipinski definition) is 0. The summed E-state index contributed by atoms with van der Waals surface area (Å²) in [5, 5.41) is 34.0. The maximum Gasteiger partial charge on any atom is 0.269 e. The van der Waals surface area contributed by atoms with E-state index in [2.05, 4.69) is 23.3 Å². The molecule has 0 saturated carbocycles. The van der Waals surface area contributed by atoms with Crippen molar-refractivity contribution in [1.29, 1.82) is 5.26 Å². The Morgan fingerprint density at radius 2 is 1.91 bits per heavy atom. The molecule has 0 aliphatic rings. The van der Waals surface area contributed by atoms with Gasteiger partial charge >= 0.3 is 0 Å². The van der Waals surface area contributed by atoms with E-state index in [1.165, 1.54) is 12.1 Å². The molecule has 0 aliphatic heterocycles. The van der Waals surface area contributed by atoms with Gasteiger partial charge in [0.15, 0.2) is 0 Å². The minimum absolute atomic E-state index is 0.0270. The van der Waals surface area contributed by atoms with E-state index >= 15 is 0 Å². The van der Waals surface area contributed by atoms with Crippen molar-refractivity contribution in [3.63, 3.8) is 0 Å². The summed E-state index contributed by atoms with van der Waals surface area (Å²) in [7, 11) is 0. The summed E-state index contributed by atoms with van der Waals surface area (Å²) >= 11 is 6.26. The molecule has 2 heterocycles. The van der Waals surface area contributed by atoms with Gasteiger partial charge in [0, 0.05) is 23.4 Å². The molecule has 2 aromatic heterocycles. The van der Waals surface area contributed by atoms with E-state index in [9.17, 15) is 10.1 Å². The van der Waals surface area contributed by atoms with Crippen LogP contribution in [0.2, 0.25) is 5.02 Å². The van der Waals surface area contributed by atoms with Crippen molar-refractivity contribution in [2.45, 2.75) is 40.2 Å². The van der Waals surface area contributed by atoms with Crippen LogP contribution in [0.3, 0.4) is 0 Å². The minimum Gasteiger partial charge on any atom is -0.263 e. The first-order chi connectivity index (χ1) is 16.3. The predicted octanol–water partition coefficient (Wildman–Crippen LogP) is 5.18. The summed E-state index contributed by atoms with van der Waals surface area (Å²) in [6.07, 6.45) is 1.64. The summed E-state index contributed by atoms with van der Waals surface area (Å²) in [5.41, 5.74) is 6.55. The Bertz CT molecular complexity index is 1410. The van der Waals surface area contributed by atoms with Crippen LogP contribution in [0.15, 0.2) is 42.5 Å². The molecule has 0 N–H and O–H groups in total. The van der Waals surface area contributed by atoms with Crippen LogP contribution < -0.4 is 0 Å². The fourth-order valence-electron chi connectivity index (χ4n) is 4.04. The third kappa shape index (κ3) is 4.28. The van der Waals surface area contributed by atoms with Crippen molar-refractivity contribution in [2.75, 3.05) is 0 Å². The highest BCUT2D eigenvalue weighted by atomic mass is 35.5. The van der Waals surface area contributed by atoms with E-state index in [0.717, 1.165) is 46.7 Å². The van der Waals surface area contributed by atoms with Gasteiger partial charge in [-0.1, -0.05) is 36.2 Å². The monoisotopic (exact) mass is 475 g/mol. The highest BCUT2D eigenvalue weighted by Gasteiger charge is 2.19. The maximum absolute atomic E-state index is 11.0. The fraction of sp³-hybridized carbons (Fsp3) is 0.250. The van der Waals surface area contributed by atoms with Crippen LogP contribution in [0.5, 0.6) is 0 Å². The van der Waals surface area contributed by atoms with Gasteiger partial charge in [-0.2, -0.15) is 10.4 Å². The Morgan fingerprint density at radius 3 is 2.53 bits per heavy atom. The Morgan fingerprint density at radius 1 is 1.18 bits per heavy atom. The summed E-state index contributed by atoms with van der Waals surface area (Å²) < 4.78 is 3.62. The van der Waals surface area contributed by atoms with Crippen molar-refractivity contribution >= 4 is 17.3 Å². The molecule has 172 valence electrons. The topological polar surface area (TPSA) is 115 Å². The minimum atomic E-state index is -0.426. The van der Waals surface area contributed by atoms with Crippen LogP contribution in [0, 0.1) is 35.3 Å². The van der Waals surface area contributed by atoms with E-state index < -0.39 is 4.92 Å². The number of nitro benzene ring substituents is 1. The maximum atomic E-state index is 11.0. The second-order valence-corrected chi connectivity index (χ2v) is 8.34. The molecule has 0 radical (unpaired) electrons. The number of halogens is 1. The zero-order chi connectivity index (χ0) is 24.4. The molecule has 0 bridgehead atoms. The van der Waals surface area contributed by atoms with Crippen molar-refractivity contribution in [2.24, 2.45) is 0 Å². The predicted molar refractivity (Wildman–Crippen MR) is 128 cm³/mol. The first-order valence-corrected chi connectivity index (χ1v) is 11.1. The third-order valence-electron chi connectivity index (χ3n) is 5.69. The highest BCUT2D eigenvalue weighted by Crippen LogP contribution is 2.31. The van der Waals surface area contributed by atoms with Crippen LogP contribution in [0.4, 0.5) is 5.69 Å². The Balaban J connectivity index is 1.70. The van der Waals surface area contributed by atoms with Crippen molar-refractivity contribution in [1.82, 2.24) is 24.8 Å². The van der Waals surface area contributed by atoms with E-state index in [4.69, 9.17) is 22.0 Å². The Kier molecular flexibility index (Phi) is 6.43. The van der Waals surface area contributed by atoms with Gasteiger partial charge in [-0.25, -0.2) is 4.68 Å². The third-order valence-corrected chi connectivity index (χ3v) is 6.01. The molecule has 4 rings (SSSR count). The molecular formula is C24H22ClN7O2. The second-order valence-electron chi connectivity index (χ2n) is 7.93. The largest absolute Gasteiger partial charge is 0.269 e. The number of aromatic nitrogens is 5. The van der Waals surface area contributed by atoms with Crippen LogP contribution in [-0.4, -0.2) is 29.7 Å². The van der Waals surface area contributed by atoms with Gasteiger partial charge in [0.25, 0.3) is 5.69 Å². The van der Waals surface area contributed by atoms with Crippen molar-refractivity contribution in [3.05, 3.63) is 85.9 Å². The van der Waals surface area contributed by atoms with E-state index in [0.29, 0.717) is 22.8 Å². The normalized spacial score (nSPS) is 10.9. The average Bonchev–Trinajstić information content (AvgIpc) is 3.34. The molecule has 9 nitrogen and oxygen atoms in total. The second kappa shape index (κ2) is 9.45. The van der Waals surface area contributed by atoms with E-state index in [1.54, 1.807) is 28.9 Å². The van der Waals surface area contributed by atoms with Crippen molar-refractivity contribution < 1.29 is 4.92 Å². The van der Waals surface area contributed by atoms with Crippen LogP contribution in [0.1, 0.15) is 41.7 Å². The molecule has 0 saturated heterocycles. The zero-order valence-electron chi connectivity index (χ0n) is 19.0. The van der Waals surface area contributed by atoms with Gasteiger partial charge in [-0.3, -0.25) is 14.8 Å². The van der Waals surface area contributed by atoms with Gasteiger partial charge in [-0.15, -0.1) is 5.10 Å². The molecule has 0 amide bonds. The molecular weight excluding hydrogens is 454 g/mol. The molecule has 2 aromatic carbocycles. The molecule has 0 atom stereocenters. The summed E-state index contributed by atoms with van der Waals surface area (Å²) in [6.45, 7) is 6.43. The number of aryl methyl sites for hydroxylation is 1. The molecule has 10 heteroatoms. The lowest BCUT2D eigenvalue weighted by Crippen LogP contribution is -2.09. The lowest BCUT2D eigenvalue weighted by molar-refractivity contribution is -0.384. The lowest BCUT2D eigenvalue weighted by atomic mass is 10.0. The number of rotatable bonds is 7. The summed E-state index contributed by atoms with van der Waals surface area (Å²) in [6, 6.07) is 13.7. The first-order valence-electron chi connectivity index (χ1n) is 10.8. The van der Waals surface area contributed by atoms with Crippen LogP contribution >= 0.6 is 11.6 Å². The summed E-state index contributed by atoms with van der Waals surface area (Å²) in [5.74, 6) is 0. The van der Waals surface area contributed by atoms with Gasteiger partial charge in [0.05, 0.1) is 39.1 Å². The molecule has 0 spiro atoms. The summed E-state index contributed by atoms with van der Waals surface area (Å²) in [4.78, 5) is 10.6. The van der Waals surface area contributed by atoms with Crippen LogP contribution in [-0.2, 0) is 13.0 Å². The Hall–Kier alpha value is -4.03. The first kappa shape index (κ1) is 23.1. The van der Waals surface area contributed by atoms with Gasteiger partial charge in [-0.05, 0) is 50.1 Å². The van der Waals surface area contributed by atoms with Gasteiger partial charge < -0.3 is 0 Å². The number of nitriles is 1. The van der Waals surface area contributed by atoms with Crippen molar-refractivity contribution in [3.8, 4) is 22.9 Å². The molecule has 34 heavy (non-hydrogen) atoms. The van der Waals surface area contributed by atoms with E-state index in [-0.39, 0.29) is 5.69 Å². The Labute approximate surface area is 201 Å². The number of non-ortho nitro benzene ring substituents is 1. The molecule has 0 aliphatic carbocycles. The zero-order valence-corrected chi connectivity index (χ0v) is 19.7. The molecule has 4 aromatic rings. The average molecular weight is 476 g/mol. The fourth-order valence-corrected chi connectivity index (χ4v) is 4.26. The molecule has 0 fully saturated rings. The lowest BCUT2D eigenvalue weighted by Gasteiger charge is -2.09. The molecule has 0 unspecified atom stereocenters. The van der Waals surface area contributed by atoms with E-state index in [1.807, 2.05) is 24.6 Å². The number of hydrogen-bond acceptors (Lipinski definition) is 6. The van der Waals surface area contributed by atoms with Gasteiger partial charge in [0.1, 0.15) is 11.8 Å².